The number of nitrogens with zero attached hydrogens (tertiary/aromatic N) is 1. The van der Waals surface area contributed by atoms with E-state index in [-0.39, 0.29) is 0 Å². The number of benzene rings is 2. The molecule has 0 aliphatic carbocycles. The highest BCUT2D eigenvalue weighted by molar-refractivity contribution is 6.09. The molecule has 114 valence electrons. The van der Waals surface area contributed by atoms with E-state index in [1.807, 2.05) is 42.7 Å². The first-order valence-corrected chi connectivity index (χ1v) is 7.39. The summed E-state index contributed by atoms with van der Waals surface area (Å²) in [5, 5.41) is 4.41. The average Bonchev–Trinajstić information content (AvgIpc) is 2.62. The van der Waals surface area contributed by atoms with Crippen LogP contribution < -0.4 is 14.8 Å². The third-order valence-electron chi connectivity index (χ3n) is 4.09. The van der Waals surface area contributed by atoms with Crippen LogP contribution in [0.4, 0.5) is 5.69 Å². The molecule has 0 amide bonds. The van der Waals surface area contributed by atoms with Gasteiger partial charge in [0.05, 0.1) is 19.9 Å². The van der Waals surface area contributed by atoms with E-state index in [0.717, 1.165) is 33.3 Å². The standard InChI is InChI=1S/C19H16N2O2/c1-22-15-10-13-8-9-20-17-14(12-6-4-3-5-7-12)11-21-18(16(13)17)19(15)23-2/h3-11,20H,1-2H3. The molecule has 0 saturated heterocycles. The molecule has 0 bridgehead atoms. The molecule has 1 aliphatic rings. The van der Waals surface area contributed by atoms with Gasteiger partial charge in [-0.25, -0.2) is 0 Å². The van der Waals surface area contributed by atoms with Gasteiger partial charge in [-0.1, -0.05) is 30.3 Å². The second kappa shape index (κ2) is 5.32. The van der Waals surface area contributed by atoms with E-state index in [0.29, 0.717) is 11.5 Å². The van der Waals surface area contributed by atoms with E-state index in [9.17, 15) is 0 Å². The van der Waals surface area contributed by atoms with Crippen LogP contribution in [0.2, 0.25) is 0 Å². The minimum Gasteiger partial charge on any atom is -0.493 e. The van der Waals surface area contributed by atoms with Crippen molar-refractivity contribution in [2.24, 2.45) is 0 Å². The van der Waals surface area contributed by atoms with Gasteiger partial charge in [-0.2, -0.15) is 0 Å². The Morgan fingerprint density at radius 2 is 1.87 bits per heavy atom. The quantitative estimate of drug-likeness (QED) is 0.783. The third-order valence-corrected chi connectivity index (χ3v) is 4.09. The van der Waals surface area contributed by atoms with Crippen LogP contribution in [0, 0.1) is 0 Å². The summed E-state index contributed by atoms with van der Waals surface area (Å²) in [7, 11) is 3.28. The van der Waals surface area contributed by atoms with Gasteiger partial charge in [-0.15, -0.1) is 0 Å². The molecule has 0 radical (unpaired) electrons. The summed E-state index contributed by atoms with van der Waals surface area (Å²) >= 11 is 0. The Labute approximate surface area is 134 Å². The molecule has 23 heavy (non-hydrogen) atoms. The Balaban J connectivity index is 2.08. The Morgan fingerprint density at radius 1 is 1.04 bits per heavy atom. The lowest BCUT2D eigenvalue weighted by Crippen LogP contribution is -2.03. The van der Waals surface area contributed by atoms with Gasteiger partial charge in [0.2, 0.25) is 0 Å². The van der Waals surface area contributed by atoms with E-state index in [4.69, 9.17) is 9.47 Å². The lowest BCUT2D eigenvalue weighted by Gasteiger charge is -2.20. The van der Waals surface area contributed by atoms with E-state index in [2.05, 4.69) is 22.4 Å². The monoisotopic (exact) mass is 304 g/mol. The van der Waals surface area contributed by atoms with Crippen molar-refractivity contribution in [3.63, 3.8) is 0 Å². The maximum absolute atomic E-state index is 5.53. The molecule has 3 aromatic rings. The SMILES string of the molecule is COc1cc2c3c(c(-c4ccccc4)cnc3c1OC)NC=C2. The number of anilines is 1. The van der Waals surface area contributed by atoms with Gasteiger partial charge in [0.25, 0.3) is 0 Å². The Morgan fingerprint density at radius 3 is 2.61 bits per heavy atom. The van der Waals surface area contributed by atoms with Crippen LogP contribution in [0.5, 0.6) is 11.5 Å². The van der Waals surface area contributed by atoms with Crippen molar-refractivity contribution < 1.29 is 9.47 Å². The van der Waals surface area contributed by atoms with Crippen molar-refractivity contribution >= 4 is 22.7 Å². The average molecular weight is 304 g/mol. The molecule has 4 heteroatoms. The number of hydrogen-bond donors (Lipinski definition) is 1. The molecule has 2 heterocycles. The number of rotatable bonds is 3. The molecule has 1 aliphatic heterocycles. The molecule has 2 aromatic carbocycles. The molecule has 4 rings (SSSR count). The summed E-state index contributed by atoms with van der Waals surface area (Å²) in [5.74, 6) is 1.34. The highest BCUT2D eigenvalue weighted by Crippen LogP contribution is 2.44. The molecule has 0 spiro atoms. The largest absolute Gasteiger partial charge is 0.493 e. The van der Waals surface area contributed by atoms with Gasteiger partial charge < -0.3 is 14.8 Å². The van der Waals surface area contributed by atoms with E-state index >= 15 is 0 Å². The van der Waals surface area contributed by atoms with Crippen molar-refractivity contribution in [2.45, 2.75) is 0 Å². The molecular weight excluding hydrogens is 288 g/mol. The highest BCUT2D eigenvalue weighted by atomic mass is 16.5. The predicted octanol–water partition coefficient (Wildman–Crippen LogP) is 4.32. The normalized spacial score (nSPS) is 12.1. The van der Waals surface area contributed by atoms with Crippen molar-refractivity contribution in [2.75, 3.05) is 19.5 Å². The third kappa shape index (κ3) is 2.03. The fraction of sp³-hybridized carbons (Fsp3) is 0.105. The highest BCUT2D eigenvalue weighted by Gasteiger charge is 2.21. The first-order chi connectivity index (χ1) is 11.3. The fourth-order valence-electron chi connectivity index (χ4n) is 3.04. The van der Waals surface area contributed by atoms with E-state index in [1.54, 1.807) is 14.2 Å². The number of pyridine rings is 1. The Bertz CT molecular complexity index is 918. The first kappa shape index (κ1) is 13.6. The Hall–Kier alpha value is -3.01. The number of hydrogen-bond acceptors (Lipinski definition) is 4. The molecular formula is C19H16N2O2. The van der Waals surface area contributed by atoms with Crippen LogP contribution in [-0.4, -0.2) is 19.2 Å². The zero-order chi connectivity index (χ0) is 15.8. The first-order valence-electron chi connectivity index (χ1n) is 7.39. The molecule has 0 fully saturated rings. The van der Waals surface area contributed by atoms with Crippen LogP contribution in [-0.2, 0) is 0 Å². The summed E-state index contributed by atoms with van der Waals surface area (Å²) in [6, 6.07) is 12.2. The fourth-order valence-corrected chi connectivity index (χ4v) is 3.04. The smallest absolute Gasteiger partial charge is 0.187 e. The predicted molar refractivity (Wildman–Crippen MR) is 92.9 cm³/mol. The van der Waals surface area contributed by atoms with Crippen molar-refractivity contribution in [1.29, 1.82) is 0 Å². The molecule has 1 aromatic heterocycles. The van der Waals surface area contributed by atoms with Gasteiger partial charge in [0.1, 0.15) is 5.52 Å². The number of aromatic nitrogens is 1. The van der Waals surface area contributed by atoms with Crippen molar-refractivity contribution in [3.8, 4) is 22.6 Å². The van der Waals surface area contributed by atoms with Gasteiger partial charge in [0, 0.05) is 23.3 Å². The van der Waals surface area contributed by atoms with Crippen LogP contribution in [0.1, 0.15) is 5.56 Å². The molecule has 0 saturated carbocycles. The van der Waals surface area contributed by atoms with Crippen LogP contribution >= 0.6 is 0 Å². The van der Waals surface area contributed by atoms with Gasteiger partial charge >= 0.3 is 0 Å². The number of methoxy groups -OCH3 is 2. The van der Waals surface area contributed by atoms with E-state index < -0.39 is 0 Å². The number of nitrogens with one attached hydrogen (secondary N) is 1. The van der Waals surface area contributed by atoms with Crippen LogP contribution in [0.15, 0.2) is 48.8 Å². The number of ether oxygens (including phenoxy) is 2. The summed E-state index contributed by atoms with van der Waals surface area (Å²) in [6.07, 6.45) is 5.84. The second-order valence-electron chi connectivity index (χ2n) is 5.32. The summed E-state index contributed by atoms with van der Waals surface area (Å²) in [6.45, 7) is 0. The van der Waals surface area contributed by atoms with E-state index in [1.165, 1.54) is 0 Å². The molecule has 0 atom stereocenters. The summed E-state index contributed by atoms with van der Waals surface area (Å²) in [5.41, 5.74) is 5.10. The van der Waals surface area contributed by atoms with Gasteiger partial charge in [0.15, 0.2) is 11.5 Å². The van der Waals surface area contributed by atoms with Crippen molar-refractivity contribution in [1.82, 2.24) is 4.98 Å². The maximum Gasteiger partial charge on any atom is 0.187 e. The zero-order valence-electron chi connectivity index (χ0n) is 13.0. The second-order valence-corrected chi connectivity index (χ2v) is 5.32. The minimum absolute atomic E-state index is 0.657. The molecule has 1 N–H and O–H groups in total. The topological polar surface area (TPSA) is 43.4 Å². The van der Waals surface area contributed by atoms with Crippen molar-refractivity contribution in [3.05, 3.63) is 54.4 Å². The summed E-state index contributed by atoms with van der Waals surface area (Å²) in [4.78, 5) is 4.66. The van der Waals surface area contributed by atoms with Crippen LogP contribution in [0.3, 0.4) is 0 Å². The van der Waals surface area contributed by atoms with Gasteiger partial charge in [-0.3, -0.25) is 4.98 Å². The zero-order valence-corrected chi connectivity index (χ0v) is 13.0. The lowest BCUT2D eigenvalue weighted by atomic mass is 9.97. The van der Waals surface area contributed by atoms with Gasteiger partial charge in [-0.05, 0) is 23.3 Å². The molecule has 0 unspecified atom stereocenters. The molecule has 4 nitrogen and oxygen atoms in total. The summed E-state index contributed by atoms with van der Waals surface area (Å²) < 4.78 is 11.0. The minimum atomic E-state index is 0.657. The Kier molecular flexibility index (Phi) is 3.15. The lowest BCUT2D eigenvalue weighted by molar-refractivity contribution is 0.358. The van der Waals surface area contributed by atoms with Crippen LogP contribution in [0.25, 0.3) is 28.1 Å². The maximum atomic E-state index is 5.53.